The Bertz CT molecular complexity index is 568. The van der Waals surface area contributed by atoms with Crippen molar-refractivity contribution in [1.82, 2.24) is 10.3 Å². The largest absolute Gasteiger partial charge is 0.302 e. The first-order valence-electron chi connectivity index (χ1n) is 6.10. The summed E-state index contributed by atoms with van der Waals surface area (Å²) in [4.78, 5) is 4.52. The lowest BCUT2D eigenvalue weighted by Gasteiger charge is -2.21. The second kappa shape index (κ2) is 6.11. The van der Waals surface area contributed by atoms with E-state index >= 15 is 0 Å². The Morgan fingerprint density at radius 1 is 1.37 bits per heavy atom. The van der Waals surface area contributed by atoms with Gasteiger partial charge >= 0.3 is 0 Å². The highest BCUT2D eigenvalue weighted by Gasteiger charge is 2.21. The molecule has 0 aliphatic heterocycles. The number of benzene rings is 1. The molecule has 1 atom stereocenters. The minimum absolute atomic E-state index is 0.0937. The maximum absolute atomic E-state index is 13.5. The molecule has 0 amide bonds. The Balaban J connectivity index is 2.45. The molecule has 2 rings (SSSR count). The first kappa shape index (κ1) is 14.6. The summed E-state index contributed by atoms with van der Waals surface area (Å²) in [6.45, 7) is 6.11. The van der Waals surface area contributed by atoms with Crippen LogP contribution in [0.2, 0.25) is 0 Å². The smallest absolute Gasteiger partial charge is 0.123 e. The molecule has 0 spiro atoms. The van der Waals surface area contributed by atoms with Gasteiger partial charge in [-0.05, 0) is 44.5 Å². The first-order chi connectivity index (χ1) is 8.97. The summed E-state index contributed by atoms with van der Waals surface area (Å²) in [5.41, 5.74) is 1.87. The zero-order valence-electron chi connectivity index (χ0n) is 11.1. The van der Waals surface area contributed by atoms with Crippen LogP contribution in [0.25, 0.3) is 0 Å². The molecular formula is C14H16BrFN2S. The molecular weight excluding hydrogens is 327 g/mol. The van der Waals surface area contributed by atoms with Gasteiger partial charge in [0.05, 0.1) is 6.04 Å². The number of hydrogen-bond donors (Lipinski definition) is 1. The van der Waals surface area contributed by atoms with Gasteiger partial charge in [0.2, 0.25) is 0 Å². The Labute approximate surface area is 125 Å². The van der Waals surface area contributed by atoms with Crippen molar-refractivity contribution in [3.63, 3.8) is 0 Å². The number of rotatable bonds is 4. The lowest BCUT2D eigenvalue weighted by atomic mass is 10.1. The van der Waals surface area contributed by atoms with Crippen molar-refractivity contribution in [3.8, 4) is 0 Å². The second-order valence-electron chi connectivity index (χ2n) is 4.75. The molecule has 1 aromatic carbocycles. The molecule has 0 saturated carbocycles. The molecule has 1 N–H and O–H groups in total. The normalized spacial score (nSPS) is 12.9. The summed E-state index contributed by atoms with van der Waals surface area (Å²) in [6, 6.07) is 4.93. The number of nitrogens with one attached hydrogen (secondary N) is 1. The molecule has 5 heteroatoms. The summed E-state index contributed by atoms with van der Waals surface area (Å²) in [5.74, 6) is -0.234. The average molecular weight is 343 g/mol. The molecule has 0 fully saturated rings. The quantitative estimate of drug-likeness (QED) is 0.888. The third kappa shape index (κ3) is 3.61. The van der Waals surface area contributed by atoms with Crippen molar-refractivity contribution in [2.45, 2.75) is 32.9 Å². The molecule has 1 aromatic heterocycles. The second-order valence-corrected chi connectivity index (χ2v) is 6.49. The van der Waals surface area contributed by atoms with Gasteiger partial charge in [0.15, 0.2) is 0 Å². The molecule has 1 unspecified atom stereocenters. The van der Waals surface area contributed by atoms with Crippen LogP contribution in [0.15, 0.2) is 28.1 Å². The van der Waals surface area contributed by atoms with Gasteiger partial charge in [-0.1, -0.05) is 15.9 Å². The minimum atomic E-state index is -0.234. The van der Waals surface area contributed by atoms with Crippen LogP contribution in [0.1, 0.15) is 36.2 Å². The van der Waals surface area contributed by atoms with Crippen LogP contribution in [0.5, 0.6) is 0 Å². The Hall–Kier alpha value is -0.780. The number of nitrogens with zero attached hydrogens (tertiary/aromatic N) is 1. The van der Waals surface area contributed by atoms with Gasteiger partial charge in [0.1, 0.15) is 10.8 Å². The lowest BCUT2D eigenvalue weighted by molar-refractivity contribution is 0.521. The molecule has 0 radical (unpaired) electrons. The lowest BCUT2D eigenvalue weighted by Crippen LogP contribution is -2.29. The van der Waals surface area contributed by atoms with E-state index in [1.165, 1.54) is 6.07 Å². The van der Waals surface area contributed by atoms with E-state index in [-0.39, 0.29) is 17.9 Å². The van der Waals surface area contributed by atoms with E-state index in [0.29, 0.717) is 0 Å². The maximum atomic E-state index is 13.5. The van der Waals surface area contributed by atoms with Gasteiger partial charge < -0.3 is 5.32 Å². The molecule has 19 heavy (non-hydrogen) atoms. The van der Waals surface area contributed by atoms with Crippen molar-refractivity contribution < 1.29 is 4.39 Å². The van der Waals surface area contributed by atoms with Gasteiger partial charge in [-0.2, -0.15) is 0 Å². The van der Waals surface area contributed by atoms with Crippen molar-refractivity contribution in [2.75, 3.05) is 0 Å². The molecule has 0 aliphatic rings. The third-order valence-electron chi connectivity index (χ3n) is 2.65. The van der Waals surface area contributed by atoms with E-state index in [9.17, 15) is 4.39 Å². The predicted octanol–water partition coefficient (Wildman–Crippen LogP) is 4.44. The first-order valence-corrected chi connectivity index (χ1v) is 7.77. The molecule has 2 nitrogen and oxygen atoms in total. The number of aromatic nitrogens is 1. The number of aryl methyl sites for hydroxylation is 1. The standard InChI is InChI=1S/C14H16BrFN2S/c1-8(2)17-13(14-18-9(3)7-19-14)11-6-10(16)4-5-12(11)15/h4-8,13,17H,1-3H3. The highest BCUT2D eigenvalue weighted by molar-refractivity contribution is 9.10. The summed E-state index contributed by atoms with van der Waals surface area (Å²) >= 11 is 5.09. The summed E-state index contributed by atoms with van der Waals surface area (Å²) < 4.78 is 14.4. The van der Waals surface area contributed by atoms with Gasteiger partial charge in [0, 0.05) is 21.6 Å². The van der Waals surface area contributed by atoms with Crippen LogP contribution in [0.4, 0.5) is 4.39 Å². The van der Waals surface area contributed by atoms with Crippen LogP contribution >= 0.6 is 27.3 Å². The number of hydrogen-bond acceptors (Lipinski definition) is 3. The van der Waals surface area contributed by atoms with Crippen LogP contribution < -0.4 is 5.32 Å². The van der Waals surface area contributed by atoms with Crippen molar-refractivity contribution >= 4 is 27.3 Å². The zero-order chi connectivity index (χ0) is 14.0. The van der Waals surface area contributed by atoms with Crippen LogP contribution in [-0.4, -0.2) is 11.0 Å². The minimum Gasteiger partial charge on any atom is -0.302 e. The van der Waals surface area contributed by atoms with Gasteiger partial charge in [-0.15, -0.1) is 11.3 Å². The maximum Gasteiger partial charge on any atom is 0.123 e. The van der Waals surface area contributed by atoms with Gasteiger partial charge in [0.25, 0.3) is 0 Å². The Kier molecular flexibility index (Phi) is 4.71. The highest BCUT2D eigenvalue weighted by atomic mass is 79.9. The van der Waals surface area contributed by atoms with E-state index < -0.39 is 0 Å². The van der Waals surface area contributed by atoms with E-state index in [1.54, 1.807) is 23.5 Å². The van der Waals surface area contributed by atoms with Crippen LogP contribution in [0.3, 0.4) is 0 Å². The molecule has 0 saturated heterocycles. The third-order valence-corrected chi connectivity index (χ3v) is 4.40. The fraction of sp³-hybridized carbons (Fsp3) is 0.357. The average Bonchev–Trinajstić information content (AvgIpc) is 2.76. The van der Waals surface area contributed by atoms with Gasteiger partial charge in [-0.25, -0.2) is 9.37 Å². The fourth-order valence-electron chi connectivity index (χ4n) is 1.87. The predicted molar refractivity (Wildman–Crippen MR) is 81.1 cm³/mol. The van der Waals surface area contributed by atoms with Crippen LogP contribution in [0, 0.1) is 12.7 Å². The van der Waals surface area contributed by atoms with Crippen molar-refractivity contribution in [2.24, 2.45) is 0 Å². The Morgan fingerprint density at radius 3 is 2.68 bits per heavy atom. The SMILES string of the molecule is Cc1csc(C(NC(C)C)c2cc(F)ccc2Br)n1. The highest BCUT2D eigenvalue weighted by Crippen LogP contribution is 2.31. The molecule has 2 aromatic rings. The monoisotopic (exact) mass is 342 g/mol. The van der Waals surface area contributed by atoms with E-state index in [0.717, 1.165) is 20.7 Å². The molecule has 0 aliphatic carbocycles. The van der Waals surface area contributed by atoms with E-state index in [1.807, 2.05) is 12.3 Å². The molecule has 1 heterocycles. The fourth-order valence-corrected chi connectivity index (χ4v) is 3.22. The Morgan fingerprint density at radius 2 is 2.11 bits per heavy atom. The van der Waals surface area contributed by atoms with Crippen molar-refractivity contribution in [3.05, 3.63) is 50.1 Å². The summed E-state index contributed by atoms with van der Waals surface area (Å²) in [5, 5.41) is 6.41. The number of thiazole rings is 1. The zero-order valence-corrected chi connectivity index (χ0v) is 13.5. The summed E-state index contributed by atoms with van der Waals surface area (Å²) in [6.07, 6.45) is 0. The number of halogens is 2. The van der Waals surface area contributed by atoms with E-state index in [2.05, 4.69) is 40.1 Å². The van der Waals surface area contributed by atoms with E-state index in [4.69, 9.17) is 0 Å². The van der Waals surface area contributed by atoms with Crippen molar-refractivity contribution in [1.29, 1.82) is 0 Å². The van der Waals surface area contributed by atoms with Crippen LogP contribution in [-0.2, 0) is 0 Å². The topological polar surface area (TPSA) is 24.9 Å². The van der Waals surface area contributed by atoms with Gasteiger partial charge in [-0.3, -0.25) is 0 Å². The molecule has 0 bridgehead atoms. The molecule has 102 valence electrons. The summed E-state index contributed by atoms with van der Waals surface area (Å²) in [7, 11) is 0.